The maximum Gasteiger partial charge on any atom is 0.336 e. The zero-order valence-corrected chi connectivity index (χ0v) is 19.4. The monoisotopic (exact) mass is 462 g/mol. The van der Waals surface area contributed by atoms with Gasteiger partial charge >= 0.3 is 23.9 Å². The molecule has 0 amide bonds. The SMILES string of the molecule is CCCCCCCCCCCCCCCCC(=O)O.O=C(O)CC(O)(CC(=O)O)C(=O)O. The lowest BCUT2D eigenvalue weighted by Crippen LogP contribution is -2.42. The Bertz CT molecular complexity index is 516. The summed E-state index contributed by atoms with van der Waals surface area (Å²) in [6.45, 7) is 2.27. The zero-order valence-electron chi connectivity index (χ0n) is 19.4. The molecule has 0 unspecified atom stereocenters. The van der Waals surface area contributed by atoms with Gasteiger partial charge in [-0.25, -0.2) is 4.79 Å². The Morgan fingerprint density at radius 1 is 0.531 bits per heavy atom. The number of hydrogen-bond donors (Lipinski definition) is 5. The van der Waals surface area contributed by atoms with E-state index in [4.69, 9.17) is 25.5 Å². The number of hydrogen-bond acceptors (Lipinski definition) is 5. The Kier molecular flexibility index (Phi) is 20.7. The Labute approximate surface area is 190 Å². The molecular weight excluding hydrogens is 420 g/mol. The lowest BCUT2D eigenvalue weighted by atomic mass is 9.96. The molecule has 0 aromatic carbocycles. The number of aliphatic hydroxyl groups is 1. The molecule has 0 saturated heterocycles. The van der Waals surface area contributed by atoms with E-state index in [1.54, 1.807) is 0 Å². The smallest absolute Gasteiger partial charge is 0.336 e. The second kappa shape index (κ2) is 20.7. The van der Waals surface area contributed by atoms with Crippen molar-refractivity contribution in [2.75, 3.05) is 0 Å². The first-order valence-electron chi connectivity index (χ1n) is 11.7. The van der Waals surface area contributed by atoms with Gasteiger partial charge in [0, 0.05) is 6.42 Å². The minimum atomic E-state index is -2.74. The molecule has 0 aliphatic carbocycles. The minimum absolute atomic E-state index is 0.345. The van der Waals surface area contributed by atoms with Crippen LogP contribution in [0.5, 0.6) is 0 Å². The van der Waals surface area contributed by atoms with Crippen molar-refractivity contribution in [3.05, 3.63) is 0 Å². The predicted octanol–water partition coefficient (Wildman–Crippen LogP) is 4.69. The van der Waals surface area contributed by atoms with Crippen LogP contribution in [0.1, 0.15) is 116 Å². The van der Waals surface area contributed by atoms with E-state index in [1.807, 2.05) is 0 Å². The predicted molar refractivity (Wildman–Crippen MR) is 120 cm³/mol. The molecule has 0 radical (unpaired) electrons. The standard InChI is InChI=1S/C17H34O2.C6H8O7/c1-2-3-4-5-6-7-8-9-10-11-12-13-14-15-16-17(18)19;7-3(8)1-6(13,5(11)12)2-4(9)10/h2-16H2,1H3,(H,18,19);13H,1-2H2,(H,7,8)(H,9,10)(H,11,12). The van der Waals surface area contributed by atoms with E-state index in [2.05, 4.69) is 6.92 Å². The molecule has 0 spiro atoms. The van der Waals surface area contributed by atoms with Crippen LogP contribution in [-0.2, 0) is 19.2 Å². The zero-order chi connectivity index (χ0) is 24.8. The average molecular weight is 463 g/mol. The molecule has 0 aromatic rings. The molecule has 0 aliphatic heterocycles. The second-order valence-corrected chi connectivity index (χ2v) is 8.22. The van der Waals surface area contributed by atoms with E-state index in [0.29, 0.717) is 6.42 Å². The topological polar surface area (TPSA) is 169 Å². The van der Waals surface area contributed by atoms with E-state index in [1.165, 1.54) is 77.0 Å². The summed E-state index contributed by atoms with van der Waals surface area (Å²) in [5.74, 6) is -5.67. The number of unbranched alkanes of at least 4 members (excludes halogenated alkanes) is 13. The third-order valence-electron chi connectivity index (χ3n) is 5.03. The molecule has 0 aromatic heterocycles. The molecule has 0 aliphatic rings. The van der Waals surface area contributed by atoms with Gasteiger partial charge in [0.15, 0.2) is 5.60 Å². The highest BCUT2D eigenvalue weighted by atomic mass is 16.4. The second-order valence-electron chi connectivity index (χ2n) is 8.22. The summed E-state index contributed by atoms with van der Waals surface area (Å²) in [7, 11) is 0. The summed E-state index contributed by atoms with van der Waals surface area (Å²) in [6.07, 6.45) is 16.4. The number of rotatable bonds is 20. The highest BCUT2D eigenvalue weighted by Crippen LogP contribution is 2.16. The van der Waals surface area contributed by atoms with Crippen molar-refractivity contribution < 1.29 is 44.7 Å². The van der Waals surface area contributed by atoms with Gasteiger partial charge < -0.3 is 25.5 Å². The summed E-state index contributed by atoms with van der Waals surface area (Å²) in [5.41, 5.74) is -2.74. The van der Waals surface area contributed by atoms with Gasteiger partial charge in [-0.3, -0.25) is 14.4 Å². The largest absolute Gasteiger partial charge is 0.481 e. The third kappa shape index (κ3) is 22.5. The Morgan fingerprint density at radius 2 is 0.844 bits per heavy atom. The van der Waals surface area contributed by atoms with Crippen LogP contribution in [0.25, 0.3) is 0 Å². The quantitative estimate of drug-likeness (QED) is 0.161. The number of carbonyl (C=O) groups is 4. The van der Waals surface area contributed by atoms with Crippen LogP contribution in [0.15, 0.2) is 0 Å². The molecule has 9 nitrogen and oxygen atoms in total. The van der Waals surface area contributed by atoms with E-state index < -0.39 is 42.3 Å². The van der Waals surface area contributed by atoms with E-state index >= 15 is 0 Å². The first-order chi connectivity index (χ1) is 15.0. The van der Waals surface area contributed by atoms with Crippen LogP contribution in [0.3, 0.4) is 0 Å². The molecule has 0 saturated carbocycles. The molecule has 0 fully saturated rings. The van der Waals surface area contributed by atoms with Crippen LogP contribution in [0, 0.1) is 0 Å². The van der Waals surface area contributed by atoms with E-state index in [9.17, 15) is 19.2 Å². The summed E-state index contributed by atoms with van der Waals surface area (Å²) in [6, 6.07) is 0. The Hall–Kier alpha value is -2.16. The Morgan fingerprint density at radius 3 is 1.09 bits per heavy atom. The maximum absolute atomic E-state index is 10.3. The normalized spacial score (nSPS) is 10.8. The van der Waals surface area contributed by atoms with Crippen LogP contribution < -0.4 is 0 Å². The van der Waals surface area contributed by atoms with Crippen molar-refractivity contribution in [3.8, 4) is 0 Å². The van der Waals surface area contributed by atoms with Crippen molar-refractivity contribution >= 4 is 23.9 Å². The fourth-order valence-electron chi connectivity index (χ4n) is 3.18. The van der Waals surface area contributed by atoms with Gasteiger partial charge in [0.2, 0.25) is 0 Å². The molecule has 188 valence electrons. The molecule has 0 atom stereocenters. The fourth-order valence-corrected chi connectivity index (χ4v) is 3.18. The van der Waals surface area contributed by atoms with Crippen LogP contribution in [0.2, 0.25) is 0 Å². The van der Waals surface area contributed by atoms with Gasteiger partial charge in [0.25, 0.3) is 0 Å². The van der Waals surface area contributed by atoms with Gasteiger partial charge in [-0.15, -0.1) is 0 Å². The van der Waals surface area contributed by atoms with Crippen molar-refractivity contribution in [1.29, 1.82) is 0 Å². The molecule has 5 N–H and O–H groups in total. The van der Waals surface area contributed by atoms with Gasteiger partial charge in [0.1, 0.15) is 0 Å². The average Bonchev–Trinajstić information content (AvgIpc) is 2.67. The molecule has 0 rings (SSSR count). The number of aliphatic carboxylic acids is 4. The van der Waals surface area contributed by atoms with Gasteiger partial charge in [-0.1, -0.05) is 90.4 Å². The van der Waals surface area contributed by atoms with Gasteiger partial charge in [0.05, 0.1) is 12.8 Å². The minimum Gasteiger partial charge on any atom is -0.481 e. The maximum atomic E-state index is 10.3. The highest BCUT2D eigenvalue weighted by molar-refractivity contribution is 5.88. The summed E-state index contributed by atoms with van der Waals surface area (Å²) >= 11 is 0. The highest BCUT2D eigenvalue weighted by Gasteiger charge is 2.40. The van der Waals surface area contributed by atoms with Gasteiger partial charge in [-0.2, -0.15) is 0 Å². The van der Waals surface area contributed by atoms with Crippen LogP contribution in [0.4, 0.5) is 0 Å². The fraction of sp³-hybridized carbons (Fsp3) is 0.826. The Balaban J connectivity index is 0. The number of carboxylic acid groups (broad SMARTS) is 4. The molecule has 0 heterocycles. The first-order valence-corrected chi connectivity index (χ1v) is 11.7. The molecular formula is C23H42O9. The summed E-state index contributed by atoms with van der Waals surface area (Å²) in [5, 5.41) is 42.3. The number of carboxylic acids is 4. The van der Waals surface area contributed by atoms with Crippen molar-refractivity contribution in [1.82, 2.24) is 0 Å². The van der Waals surface area contributed by atoms with Gasteiger partial charge in [-0.05, 0) is 6.42 Å². The lowest BCUT2D eigenvalue weighted by molar-refractivity contribution is -0.170. The van der Waals surface area contributed by atoms with Crippen molar-refractivity contribution in [3.63, 3.8) is 0 Å². The third-order valence-corrected chi connectivity index (χ3v) is 5.03. The molecule has 0 bridgehead atoms. The van der Waals surface area contributed by atoms with Crippen molar-refractivity contribution in [2.24, 2.45) is 0 Å². The van der Waals surface area contributed by atoms with E-state index in [-0.39, 0.29) is 0 Å². The molecule has 32 heavy (non-hydrogen) atoms. The van der Waals surface area contributed by atoms with Crippen LogP contribution >= 0.6 is 0 Å². The first kappa shape index (κ1) is 32.0. The van der Waals surface area contributed by atoms with Crippen molar-refractivity contribution in [2.45, 2.75) is 122 Å². The lowest BCUT2D eigenvalue weighted by Gasteiger charge is -2.18. The summed E-state index contributed by atoms with van der Waals surface area (Å²) < 4.78 is 0. The van der Waals surface area contributed by atoms with E-state index in [0.717, 1.165) is 12.8 Å². The summed E-state index contributed by atoms with van der Waals surface area (Å²) in [4.78, 5) is 40.8. The van der Waals surface area contributed by atoms with Crippen LogP contribution in [-0.4, -0.2) is 55.0 Å². The molecule has 9 heteroatoms.